The largest absolute Gasteiger partial charge is 0.424 e. The molecule has 2 aromatic carbocycles. The first-order valence-electron chi connectivity index (χ1n) is 8.92. The Morgan fingerprint density at radius 3 is 2.48 bits per heavy atom. The van der Waals surface area contributed by atoms with E-state index in [2.05, 4.69) is 15.3 Å². The van der Waals surface area contributed by atoms with Crippen molar-refractivity contribution in [2.45, 2.75) is 11.8 Å². The van der Waals surface area contributed by atoms with Gasteiger partial charge in [0.15, 0.2) is 0 Å². The number of anilines is 1. The first-order chi connectivity index (χ1) is 14.7. The molecule has 0 bridgehead atoms. The van der Waals surface area contributed by atoms with E-state index in [1.54, 1.807) is 43.6 Å². The number of aromatic nitrogens is 2. The van der Waals surface area contributed by atoms with Crippen LogP contribution in [0.15, 0.2) is 59.8 Å². The van der Waals surface area contributed by atoms with Gasteiger partial charge in [0.25, 0.3) is 15.9 Å². The zero-order valence-corrected chi connectivity index (χ0v) is 18.4. The topological polar surface area (TPSA) is 111 Å². The Hall–Kier alpha value is -3.05. The number of carbonyl (C=O) groups is 1. The van der Waals surface area contributed by atoms with Crippen molar-refractivity contribution in [3.8, 4) is 11.8 Å². The Kier molecular flexibility index (Phi) is 6.86. The number of amides is 1. The molecule has 0 saturated carbocycles. The highest BCUT2D eigenvalue weighted by atomic mass is 35.5. The maximum Gasteiger partial charge on any atom is 0.321 e. The molecule has 1 aromatic heterocycles. The van der Waals surface area contributed by atoms with Gasteiger partial charge in [0, 0.05) is 30.7 Å². The first kappa shape index (κ1) is 22.6. The van der Waals surface area contributed by atoms with Crippen molar-refractivity contribution in [2.24, 2.45) is 0 Å². The van der Waals surface area contributed by atoms with Gasteiger partial charge in [-0.3, -0.25) is 9.63 Å². The van der Waals surface area contributed by atoms with Crippen LogP contribution in [0.5, 0.6) is 11.8 Å². The van der Waals surface area contributed by atoms with Gasteiger partial charge in [-0.2, -0.15) is 0 Å². The van der Waals surface area contributed by atoms with Gasteiger partial charge in [0.2, 0.25) is 0 Å². The standard InChI is InChI=1S/C20H19ClN4O5S/c1-13-11-15(30-20-22-9-4-10-23-20)6-8-17(13)24-19(26)14-5-7-16(21)18(12-14)31(27,28)25(2)29-3/h4-12H,1-3H3,(H,24,26). The summed E-state index contributed by atoms with van der Waals surface area (Å²) in [5.41, 5.74) is 1.37. The molecule has 0 saturated heterocycles. The summed E-state index contributed by atoms with van der Waals surface area (Å²) < 4.78 is 31.3. The highest BCUT2D eigenvalue weighted by Gasteiger charge is 2.25. The summed E-state index contributed by atoms with van der Waals surface area (Å²) in [7, 11) is -1.58. The van der Waals surface area contributed by atoms with E-state index in [-0.39, 0.29) is 21.5 Å². The lowest BCUT2D eigenvalue weighted by molar-refractivity contribution is -0.0258. The molecule has 0 unspecified atom stereocenters. The fourth-order valence-corrected chi connectivity index (χ4v) is 4.03. The molecule has 0 aliphatic carbocycles. The summed E-state index contributed by atoms with van der Waals surface area (Å²) in [4.78, 5) is 25.2. The molecule has 9 nitrogen and oxygen atoms in total. The number of aryl methyl sites for hydroxylation is 1. The average Bonchev–Trinajstić information content (AvgIpc) is 2.75. The predicted octanol–water partition coefficient (Wildman–Crippen LogP) is 3.66. The molecule has 3 aromatic rings. The Morgan fingerprint density at radius 1 is 1.13 bits per heavy atom. The van der Waals surface area contributed by atoms with Crippen LogP contribution < -0.4 is 10.1 Å². The van der Waals surface area contributed by atoms with Crippen LogP contribution in [0.4, 0.5) is 5.69 Å². The number of sulfonamides is 1. The van der Waals surface area contributed by atoms with Crippen LogP contribution in [0, 0.1) is 6.92 Å². The highest BCUT2D eigenvalue weighted by molar-refractivity contribution is 7.89. The molecular formula is C20H19ClN4O5S. The number of carbonyl (C=O) groups excluding carboxylic acids is 1. The van der Waals surface area contributed by atoms with E-state index in [1.165, 1.54) is 32.4 Å². The monoisotopic (exact) mass is 462 g/mol. The molecule has 3 rings (SSSR count). The van der Waals surface area contributed by atoms with Gasteiger partial charge < -0.3 is 10.1 Å². The van der Waals surface area contributed by atoms with Gasteiger partial charge in [-0.25, -0.2) is 18.4 Å². The van der Waals surface area contributed by atoms with Crippen LogP contribution in [-0.4, -0.2) is 42.9 Å². The Labute approximate surface area is 184 Å². The number of nitrogens with zero attached hydrogens (tertiary/aromatic N) is 3. The molecule has 11 heteroatoms. The normalized spacial score (nSPS) is 11.4. The van der Waals surface area contributed by atoms with Crippen molar-refractivity contribution >= 4 is 33.2 Å². The summed E-state index contributed by atoms with van der Waals surface area (Å²) in [6.07, 6.45) is 3.13. The van der Waals surface area contributed by atoms with E-state index in [4.69, 9.17) is 21.2 Å². The molecule has 0 fully saturated rings. The lowest BCUT2D eigenvalue weighted by Gasteiger charge is -2.16. The molecule has 0 atom stereocenters. The molecule has 0 aliphatic heterocycles. The minimum atomic E-state index is -4.02. The highest BCUT2D eigenvalue weighted by Crippen LogP contribution is 2.27. The number of nitrogens with one attached hydrogen (secondary N) is 1. The number of rotatable bonds is 7. The van der Waals surface area contributed by atoms with E-state index in [0.717, 1.165) is 5.56 Å². The summed E-state index contributed by atoms with van der Waals surface area (Å²) in [6, 6.07) is 10.9. The maximum atomic E-state index is 12.7. The Bertz CT molecular complexity index is 1210. The van der Waals surface area contributed by atoms with Crippen molar-refractivity contribution in [1.82, 2.24) is 14.4 Å². The summed E-state index contributed by atoms with van der Waals surface area (Å²) in [6.45, 7) is 1.79. The van der Waals surface area contributed by atoms with Crippen molar-refractivity contribution in [3.63, 3.8) is 0 Å². The fourth-order valence-electron chi connectivity index (χ4n) is 2.56. The van der Waals surface area contributed by atoms with E-state index in [9.17, 15) is 13.2 Å². The second-order valence-electron chi connectivity index (χ2n) is 6.31. The smallest absolute Gasteiger partial charge is 0.321 e. The third-order valence-electron chi connectivity index (χ3n) is 4.26. The molecule has 31 heavy (non-hydrogen) atoms. The molecule has 1 N–H and O–H groups in total. The quantitative estimate of drug-likeness (QED) is 0.533. The molecule has 0 aliphatic rings. The number of hydrogen-bond acceptors (Lipinski definition) is 7. The number of benzene rings is 2. The molecule has 1 amide bonds. The van der Waals surface area contributed by atoms with Crippen LogP contribution in [-0.2, 0) is 14.9 Å². The zero-order chi connectivity index (χ0) is 22.6. The minimum absolute atomic E-state index is 0.0266. The fraction of sp³-hybridized carbons (Fsp3) is 0.150. The summed E-state index contributed by atoms with van der Waals surface area (Å²) in [5, 5.41) is 2.72. The average molecular weight is 463 g/mol. The van der Waals surface area contributed by atoms with Gasteiger partial charge in [-0.1, -0.05) is 16.1 Å². The van der Waals surface area contributed by atoms with Crippen LogP contribution in [0.3, 0.4) is 0 Å². The van der Waals surface area contributed by atoms with Crippen molar-refractivity contribution in [2.75, 3.05) is 19.5 Å². The molecule has 1 heterocycles. The van der Waals surface area contributed by atoms with Crippen molar-refractivity contribution < 1.29 is 22.8 Å². The van der Waals surface area contributed by atoms with Crippen LogP contribution in [0.25, 0.3) is 0 Å². The molecule has 0 spiro atoms. The molecular weight excluding hydrogens is 444 g/mol. The summed E-state index contributed by atoms with van der Waals surface area (Å²) >= 11 is 6.04. The number of hydroxylamine groups is 1. The van der Waals surface area contributed by atoms with Crippen molar-refractivity contribution in [3.05, 3.63) is 71.0 Å². The lowest BCUT2D eigenvalue weighted by Crippen LogP contribution is -2.26. The van der Waals surface area contributed by atoms with E-state index in [0.29, 0.717) is 15.9 Å². The number of ether oxygens (including phenoxy) is 1. The lowest BCUT2D eigenvalue weighted by atomic mass is 10.1. The van der Waals surface area contributed by atoms with Gasteiger partial charge in [-0.15, -0.1) is 0 Å². The Morgan fingerprint density at radius 2 is 1.84 bits per heavy atom. The van der Waals surface area contributed by atoms with E-state index >= 15 is 0 Å². The maximum absolute atomic E-state index is 12.7. The number of halogens is 1. The second-order valence-corrected chi connectivity index (χ2v) is 8.62. The van der Waals surface area contributed by atoms with E-state index in [1.807, 2.05) is 0 Å². The van der Waals surface area contributed by atoms with Crippen LogP contribution >= 0.6 is 11.6 Å². The minimum Gasteiger partial charge on any atom is -0.424 e. The van der Waals surface area contributed by atoms with Crippen LogP contribution in [0.1, 0.15) is 15.9 Å². The zero-order valence-electron chi connectivity index (χ0n) is 16.9. The van der Waals surface area contributed by atoms with Gasteiger partial charge in [0.1, 0.15) is 10.6 Å². The predicted molar refractivity (Wildman–Crippen MR) is 115 cm³/mol. The molecule has 162 valence electrons. The van der Waals surface area contributed by atoms with Crippen molar-refractivity contribution in [1.29, 1.82) is 0 Å². The third-order valence-corrected chi connectivity index (χ3v) is 6.43. The second kappa shape index (κ2) is 9.40. The van der Waals surface area contributed by atoms with Gasteiger partial charge in [-0.05, 0) is 55.0 Å². The Balaban J connectivity index is 1.81. The van der Waals surface area contributed by atoms with Gasteiger partial charge >= 0.3 is 6.01 Å². The SMILES string of the molecule is CON(C)S(=O)(=O)c1cc(C(=O)Nc2ccc(Oc3ncccn3)cc2C)ccc1Cl. The van der Waals surface area contributed by atoms with Gasteiger partial charge in [0.05, 0.1) is 12.1 Å². The summed E-state index contributed by atoms with van der Waals surface area (Å²) in [5.74, 6) is 0.000483. The third kappa shape index (κ3) is 5.17. The first-order valence-corrected chi connectivity index (χ1v) is 10.7. The number of hydrogen-bond donors (Lipinski definition) is 1. The van der Waals surface area contributed by atoms with Crippen LogP contribution in [0.2, 0.25) is 5.02 Å². The van der Waals surface area contributed by atoms with E-state index < -0.39 is 15.9 Å². The molecule has 0 radical (unpaired) electrons.